The van der Waals surface area contributed by atoms with Crippen LogP contribution in [0, 0.1) is 5.92 Å². The molecule has 6 nitrogen and oxygen atoms in total. The Morgan fingerprint density at radius 3 is 2.33 bits per heavy atom. The number of carbonyl (C=O) groups is 1. The molecule has 0 aliphatic carbocycles. The van der Waals surface area contributed by atoms with E-state index in [-0.39, 0.29) is 32.2 Å². The van der Waals surface area contributed by atoms with Crippen molar-refractivity contribution in [1.29, 1.82) is 0 Å². The number of amides is 1. The molecule has 164 valence electrons. The van der Waals surface area contributed by atoms with Crippen LogP contribution in [-0.4, -0.2) is 61.0 Å². The number of hydrogen-bond donors (Lipinski definition) is 2. The van der Waals surface area contributed by atoms with E-state index in [2.05, 4.69) is 13.8 Å². The second kappa shape index (κ2) is 11.6. The SMILES string of the molecule is CCOc1ccc(OC)cc1-c1ccc(C(=O)N(CCO)CCO)c(CC(C)C)c1. The number of aliphatic hydroxyl groups excluding tert-OH is 2. The number of carbonyl (C=O) groups excluding carboxylic acids is 1. The second-order valence-corrected chi connectivity index (χ2v) is 7.50. The van der Waals surface area contributed by atoms with Crippen LogP contribution in [0.1, 0.15) is 36.7 Å². The van der Waals surface area contributed by atoms with Gasteiger partial charge in [-0.2, -0.15) is 0 Å². The highest BCUT2D eigenvalue weighted by Gasteiger charge is 2.20. The number of rotatable bonds is 11. The molecule has 0 aliphatic rings. The fraction of sp³-hybridized carbons (Fsp3) is 0.458. The maximum absolute atomic E-state index is 13.1. The van der Waals surface area contributed by atoms with Crippen molar-refractivity contribution >= 4 is 5.91 Å². The van der Waals surface area contributed by atoms with Gasteiger partial charge in [-0.15, -0.1) is 0 Å². The van der Waals surface area contributed by atoms with Crippen LogP contribution in [0.25, 0.3) is 11.1 Å². The molecule has 2 aromatic rings. The number of nitrogens with zero attached hydrogens (tertiary/aromatic N) is 1. The number of hydrogen-bond acceptors (Lipinski definition) is 5. The third kappa shape index (κ3) is 5.97. The highest BCUT2D eigenvalue weighted by Crippen LogP contribution is 2.35. The van der Waals surface area contributed by atoms with Crippen molar-refractivity contribution in [2.45, 2.75) is 27.2 Å². The largest absolute Gasteiger partial charge is 0.497 e. The predicted octanol–water partition coefficient (Wildman–Crippen LogP) is 3.39. The van der Waals surface area contributed by atoms with E-state index >= 15 is 0 Å². The Kier molecular flexibility index (Phi) is 9.15. The Bertz CT molecular complexity index is 828. The van der Waals surface area contributed by atoms with E-state index in [9.17, 15) is 15.0 Å². The van der Waals surface area contributed by atoms with Crippen molar-refractivity contribution in [1.82, 2.24) is 4.90 Å². The average molecular weight is 416 g/mol. The van der Waals surface area contributed by atoms with E-state index in [0.717, 1.165) is 34.6 Å². The van der Waals surface area contributed by atoms with Gasteiger partial charge in [-0.3, -0.25) is 4.79 Å². The molecule has 0 atom stereocenters. The van der Waals surface area contributed by atoms with Gasteiger partial charge in [0, 0.05) is 24.2 Å². The Morgan fingerprint density at radius 2 is 1.77 bits per heavy atom. The summed E-state index contributed by atoms with van der Waals surface area (Å²) in [4.78, 5) is 14.6. The van der Waals surface area contributed by atoms with Crippen LogP contribution in [0.5, 0.6) is 11.5 Å². The van der Waals surface area contributed by atoms with Gasteiger partial charge < -0.3 is 24.6 Å². The molecule has 0 fully saturated rings. The summed E-state index contributed by atoms with van der Waals surface area (Å²) in [7, 11) is 1.63. The van der Waals surface area contributed by atoms with Gasteiger partial charge in [-0.05, 0) is 54.7 Å². The molecule has 30 heavy (non-hydrogen) atoms. The number of benzene rings is 2. The van der Waals surface area contributed by atoms with Gasteiger partial charge in [0.2, 0.25) is 0 Å². The van der Waals surface area contributed by atoms with Crippen molar-refractivity contribution in [2.75, 3.05) is 40.0 Å². The number of methoxy groups -OCH3 is 1. The van der Waals surface area contributed by atoms with E-state index in [1.165, 1.54) is 4.90 Å². The van der Waals surface area contributed by atoms with Crippen LogP contribution < -0.4 is 9.47 Å². The van der Waals surface area contributed by atoms with Gasteiger partial charge in [-0.1, -0.05) is 26.0 Å². The molecule has 0 saturated heterocycles. The fourth-order valence-electron chi connectivity index (χ4n) is 3.45. The molecule has 0 spiro atoms. The summed E-state index contributed by atoms with van der Waals surface area (Å²) < 4.78 is 11.2. The van der Waals surface area contributed by atoms with E-state index in [1.807, 2.05) is 43.3 Å². The summed E-state index contributed by atoms with van der Waals surface area (Å²) in [5.41, 5.74) is 3.37. The zero-order chi connectivity index (χ0) is 22.1. The monoisotopic (exact) mass is 415 g/mol. The highest BCUT2D eigenvalue weighted by atomic mass is 16.5. The summed E-state index contributed by atoms with van der Waals surface area (Å²) in [5, 5.41) is 18.6. The molecular formula is C24H33NO5. The van der Waals surface area contributed by atoms with E-state index < -0.39 is 0 Å². The molecule has 0 radical (unpaired) electrons. The average Bonchev–Trinajstić information content (AvgIpc) is 2.73. The molecular weight excluding hydrogens is 382 g/mol. The van der Waals surface area contributed by atoms with Gasteiger partial charge in [0.15, 0.2) is 0 Å². The first-order chi connectivity index (χ1) is 14.4. The number of aliphatic hydroxyl groups is 2. The van der Waals surface area contributed by atoms with E-state index in [0.29, 0.717) is 18.1 Å². The van der Waals surface area contributed by atoms with Gasteiger partial charge in [0.05, 0.1) is 26.9 Å². The van der Waals surface area contributed by atoms with Gasteiger partial charge in [-0.25, -0.2) is 0 Å². The molecule has 0 aromatic heterocycles. The molecule has 0 heterocycles. The molecule has 0 bridgehead atoms. The van der Waals surface area contributed by atoms with Crippen molar-refractivity contribution in [3.05, 3.63) is 47.5 Å². The maximum atomic E-state index is 13.1. The van der Waals surface area contributed by atoms with Crippen LogP contribution in [0.4, 0.5) is 0 Å². The molecule has 0 saturated carbocycles. The summed E-state index contributed by atoms with van der Waals surface area (Å²) in [5.74, 6) is 1.66. The number of ether oxygens (including phenoxy) is 2. The van der Waals surface area contributed by atoms with Gasteiger partial charge in [0.1, 0.15) is 11.5 Å². The van der Waals surface area contributed by atoms with Crippen LogP contribution in [0.3, 0.4) is 0 Å². The minimum atomic E-state index is -0.184. The normalized spacial score (nSPS) is 10.9. The van der Waals surface area contributed by atoms with Crippen LogP contribution in [0.2, 0.25) is 0 Å². The van der Waals surface area contributed by atoms with Crippen LogP contribution in [-0.2, 0) is 6.42 Å². The Labute approximate surface area is 179 Å². The smallest absolute Gasteiger partial charge is 0.254 e. The maximum Gasteiger partial charge on any atom is 0.254 e. The Hall–Kier alpha value is -2.57. The van der Waals surface area contributed by atoms with Crippen molar-refractivity contribution < 1.29 is 24.5 Å². The Balaban J connectivity index is 2.54. The van der Waals surface area contributed by atoms with Crippen molar-refractivity contribution in [2.24, 2.45) is 5.92 Å². The van der Waals surface area contributed by atoms with E-state index in [1.54, 1.807) is 7.11 Å². The van der Waals surface area contributed by atoms with Crippen molar-refractivity contribution in [3.8, 4) is 22.6 Å². The third-order valence-electron chi connectivity index (χ3n) is 4.79. The standard InChI is InChI=1S/C24H33NO5/c1-5-30-23-9-7-20(29-4)16-22(23)18-6-8-21(19(15-18)14-17(2)3)24(28)25(10-12-26)11-13-27/h6-9,15-17,26-27H,5,10-14H2,1-4H3. The van der Waals surface area contributed by atoms with Gasteiger partial charge >= 0.3 is 0 Å². The minimum Gasteiger partial charge on any atom is -0.497 e. The lowest BCUT2D eigenvalue weighted by atomic mass is 9.92. The lowest BCUT2D eigenvalue weighted by Crippen LogP contribution is -2.36. The zero-order valence-corrected chi connectivity index (χ0v) is 18.4. The molecule has 0 aliphatic heterocycles. The highest BCUT2D eigenvalue weighted by molar-refractivity contribution is 5.96. The lowest BCUT2D eigenvalue weighted by Gasteiger charge is -2.23. The first-order valence-corrected chi connectivity index (χ1v) is 10.4. The van der Waals surface area contributed by atoms with Crippen LogP contribution >= 0.6 is 0 Å². The summed E-state index contributed by atoms with van der Waals surface area (Å²) in [6, 6.07) is 11.5. The molecule has 1 amide bonds. The fourth-order valence-corrected chi connectivity index (χ4v) is 3.45. The van der Waals surface area contributed by atoms with Crippen LogP contribution in [0.15, 0.2) is 36.4 Å². The minimum absolute atomic E-state index is 0.148. The first kappa shape index (κ1) is 23.7. The van der Waals surface area contributed by atoms with Gasteiger partial charge in [0.25, 0.3) is 5.91 Å². The zero-order valence-electron chi connectivity index (χ0n) is 18.4. The quantitative estimate of drug-likeness (QED) is 0.588. The molecule has 6 heteroatoms. The molecule has 2 N–H and O–H groups in total. The van der Waals surface area contributed by atoms with Crippen molar-refractivity contribution in [3.63, 3.8) is 0 Å². The summed E-state index contributed by atoms with van der Waals surface area (Å²) >= 11 is 0. The molecule has 2 aromatic carbocycles. The third-order valence-corrected chi connectivity index (χ3v) is 4.79. The first-order valence-electron chi connectivity index (χ1n) is 10.4. The molecule has 0 unspecified atom stereocenters. The predicted molar refractivity (Wildman–Crippen MR) is 118 cm³/mol. The summed E-state index contributed by atoms with van der Waals surface area (Å²) in [6.45, 7) is 6.78. The molecule has 2 rings (SSSR count). The Morgan fingerprint density at radius 1 is 1.07 bits per heavy atom. The lowest BCUT2D eigenvalue weighted by molar-refractivity contribution is 0.0683. The second-order valence-electron chi connectivity index (χ2n) is 7.50. The topological polar surface area (TPSA) is 79.2 Å². The summed E-state index contributed by atoms with van der Waals surface area (Å²) in [6.07, 6.45) is 0.731. The van der Waals surface area contributed by atoms with E-state index in [4.69, 9.17) is 9.47 Å².